The minimum absolute atomic E-state index is 0.0884. The van der Waals surface area contributed by atoms with E-state index in [9.17, 15) is 5.11 Å². The van der Waals surface area contributed by atoms with Crippen LogP contribution in [0.25, 0.3) is 0 Å². The van der Waals surface area contributed by atoms with E-state index >= 15 is 0 Å². The van der Waals surface area contributed by atoms with Crippen molar-refractivity contribution >= 4 is 0 Å². The summed E-state index contributed by atoms with van der Waals surface area (Å²) in [6.07, 6.45) is 8.94. The van der Waals surface area contributed by atoms with E-state index in [2.05, 4.69) is 43.0 Å². The molecule has 1 aromatic carbocycles. The quantitative estimate of drug-likeness (QED) is 0.617. The van der Waals surface area contributed by atoms with Crippen molar-refractivity contribution in [1.82, 2.24) is 0 Å². The van der Waals surface area contributed by atoms with Gasteiger partial charge in [0.05, 0.1) is 6.61 Å². The van der Waals surface area contributed by atoms with E-state index in [1.165, 1.54) is 31.2 Å². The van der Waals surface area contributed by atoms with Gasteiger partial charge in [-0.15, -0.1) is 0 Å². The number of nitrogens with two attached hydrogens (primary N) is 1. The zero-order valence-electron chi connectivity index (χ0n) is 13.8. The molecule has 0 aromatic heterocycles. The second kappa shape index (κ2) is 8.36. The number of aliphatic hydroxyl groups excluding tert-OH is 1. The number of hydrogen-bond donors (Lipinski definition) is 2. The van der Waals surface area contributed by atoms with Gasteiger partial charge in [0, 0.05) is 17.5 Å². The summed E-state index contributed by atoms with van der Waals surface area (Å²) in [6, 6.07) is 8.58. The molecule has 1 saturated carbocycles. The smallest absolute Gasteiger partial charge is 0.0611 e. The molecule has 0 spiro atoms. The maximum atomic E-state index is 9.37. The first kappa shape index (κ1) is 17.1. The third kappa shape index (κ3) is 4.87. The molecule has 22 heavy (non-hydrogen) atoms. The summed E-state index contributed by atoms with van der Waals surface area (Å²) in [5, 5.41) is 9.37. The van der Waals surface area contributed by atoms with Crippen molar-refractivity contribution in [3.63, 3.8) is 0 Å². The van der Waals surface area contributed by atoms with E-state index in [-0.39, 0.29) is 12.1 Å². The minimum atomic E-state index is -0.373. The fraction of sp³-hybridized carbons (Fsp3) is 0.600. The van der Waals surface area contributed by atoms with Crippen LogP contribution in [-0.4, -0.2) is 17.3 Å². The molecule has 0 amide bonds. The molecule has 1 aromatic rings. The highest BCUT2D eigenvalue weighted by Gasteiger charge is 2.35. The second-order valence-electron chi connectivity index (χ2n) is 6.69. The molecule has 2 rings (SSSR count). The summed E-state index contributed by atoms with van der Waals surface area (Å²) in [5.41, 5.74) is 8.21. The standard InChI is InChI=1S/C20H29NO/c1-2-3-4-5-6-7-8-17-9-11-18(12-10-17)19-13-14-20(21,15-19)16-22/h9-12,19,22H,2-6,13-16,21H2,1H3/t19-,20-/m0/s1. The Bertz CT molecular complexity index is 511. The van der Waals surface area contributed by atoms with Gasteiger partial charge in [-0.2, -0.15) is 0 Å². The molecule has 0 heterocycles. The van der Waals surface area contributed by atoms with Crippen LogP contribution in [0.2, 0.25) is 0 Å². The van der Waals surface area contributed by atoms with E-state index in [1.54, 1.807) is 0 Å². The average molecular weight is 299 g/mol. The van der Waals surface area contributed by atoms with Gasteiger partial charge in [-0.05, 0) is 49.3 Å². The molecule has 0 radical (unpaired) electrons. The normalized spacial score (nSPS) is 24.0. The van der Waals surface area contributed by atoms with Gasteiger partial charge in [0.15, 0.2) is 0 Å². The van der Waals surface area contributed by atoms with Crippen molar-refractivity contribution in [2.75, 3.05) is 6.61 Å². The summed E-state index contributed by atoms with van der Waals surface area (Å²) in [5.74, 6) is 7.00. The number of aliphatic hydroxyl groups is 1. The Morgan fingerprint density at radius 2 is 2.00 bits per heavy atom. The summed E-state index contributed by atoms with van der Waals surface area (Å²) in [7, 11) is 0. The molecular formula is C20H29NO. The molecule has 0 saturated heterocycles. The Morgan fingerprint density at radius 1 is 1.23 bits per heavy atom. The van der Waals surface area contributed by atoms with Gasteiger partial charge in [0.1, 0.15) is 0 Å². The molecule has 1 aliphatic carbocycles. The van der Waals surface area contributed by atoms with Gasteiger partial charge < -0.3 is 10.8 Å². The lowest BCUT2D eigenvalue weighted by Gasteiger charge is -2.20. The molecule has 0 aliphatic heterocycles. The highest BCUT2D eigenvalue weighted by atomic mass is 16.3. The Kier molecular flexibility index (Phi) is 6.49. The van der Waals surface area contributed by atoms with Crippen LogP contribution in [-0.2, 0) is 0 Å². The maximum absolute atomic E-state index is 9.37. The maximum Gasteiger partial charge on any atom is 0.0611 e. The fourth-order valence-electron chi connectivity index (χ4n) is 3.23. The first-order valence-electron chi connectivity index (χ1n) is 8.65. The predicted octanol–water partition coefficient (Wildman–Crippen LogP) is 3.97. The number of rotatable bonds is 6. The molecule has 0 unspecified atom stereocenters. The van der Waals surface area contributed by atoms with Crippen LogP contribution in [0.4, 0.5) is 0 Å². The van der Waals surface area contributed by atoms with Crippen LogP contribution in [0.3, 0.4) is 0 Å². The summed E-state index contributed by atoms with van der Waals surface area (Å²) in [6.45, 7) is 2.32. The van der Waals surface area contributed by atoms with Crippen LogP contribution in [0.1, 0.15) is 75.3 Å². The summed E-state index contributed by atoms with van der Waals surface area (Å²) in [4.78, 5) is 0. The van der Waals surface area contributed by atoms with Crippen LogP contribution >= 0.6 is 0 Å². The highest BCUT2D eigenvalue weighted by Crippen LogP contribution is 2.39. The molecule has 1 fully saturated rings. The van der Waals surface area contributed by atoms with E-state index < -0.39 is 0 Å². The molecule has 120 valence electrons. The Morgan fingerprint density at radius 3 is 2.64 bits per heavy atom. The lowest BCUT2D eigenvalue weighted by molar-refractivity contribution is 0.198. The molecule has 2 atom stereocenters. The Balaban J connectivity index is 1.85. The van der Waals surface area contributed by atoms with Crippen molar-refractivity contribution in [2.45, 2.75) is 69.7 Å². The number of benzene rings is 1. The molecule has 1 aliphatic rings. The van der Waals surface area contributed by atoms with Gasteiger partial charge in [0.25, 0.3) is 0 Å². The van der Waals surface area contributed by atoms with Gasteiger partial charge >= 0.3 is 0 Å². The van der Waals surface area contributed by atoms with Crippen LogP contribution in [0, 0.1) is 11.8 Å². The predicted molar refractivity (Wildman–Crippen MR) is 92.7 cm³/mol. The first-order valence-corrected chi connectivity index (χ1v) is 8.65. The zero-order chi connectivity index (χ0) is 15.8. The largest absolute Gasteiger partial charge is 0.394 e. The van der Waals surface area contributed by atoms with Crippen LogP contribution in [0.15, 0.2) is 24.3 Å². The molecule has 3 N–H and O–H groups in total. The van der Waals surface area contributed by atoms with Gasteiger partial charge in [0.2, 0.25) is 0 Å². The monoisotopic (exact) mass is 299 g/mol. The average Bonchev–Trinajstić information content (AvgIpc) is 2.94. The highest BCUT2D eigenvalue weighted by molar-refractivity contribution is 5.37. The van der Waals surface area contributed by atoms with Gasteiger partial charge in [-0.1, -0.05) is 50.2 Å². The third-order valence-electron chi connectivity index (χ3n) is 4.73. The number of unbranched alkanes of at least 4 members (excludes halogenated alkanes) is 4. The van der Waals surface area contributed by atoms with Crippen molar-refractivity contribution in [2.24, 2.45) is 5.73 Å². The topological polar surface area (TPSA) is 46.2 Å². The van der Waals surface area contributed by atoms with E-state index in [0.717, 1.165) is 31.2 Å². The second-order valence-corrected chi connectivity index (χ2v) is 6.69. The van der Waals surface area contributed by atoms with E-state index in [1.807, 2.05) is 0 Å². The fourth-order valence-corrected chi connectivity index (χ4v) is 3.23. The van der Waals surface area contributed by atoms with Crippen molar-refractivity contribution in [1.29, 1.82) is 0 Å². The van der Waals surface area contributed by atoms with Gasteiger partial charge in [-0.3, -0.25) is 0 Å². The molecule has 2 nitrogen and oxygen atoms in total. The molecule has 0 bridgehead atoms. The molecular weight excluding hydrogens is 270 g/mol. The molecule has 2 heteroatoms. The number of hydrogen-bond acceptors (Lipinski definition) is 2. The van der Waals surface area contributed by atoms with Crippen molar-refractivity contribution in [3.8, 4) is 11.8 Å². The summed E-state index contributed by atoms with van der Waals surface area (Å²) < 4.78 is 0. The Hall–Kier alpha value is -1.30. The SMILES string of the molecule is CCCCCCC#Cc1ccc([C@H]2CC[C@@](N)(CO)C2)cc1. The van der Waals surface area contributed by atoms with Crippen molar-refractivity contribution < 1.29 is 5.11 Å². The van der Waals surface area contributed by atoms with Crippen LogP contribution < -0.4 is 5.73 Å². The lowest BCUT2D eigenvalue weighted by atomic mass is 9.93. The van der Waals surface area contributed by atoms with E-state index in [4.69, 9.17) is 5.73 Å². The lowest BCUT2D eigenvalue weighted by Crippen LogP contribution is -2.40. The Labute approximate surface area is 135 Å². The zero-order valence-corrected chi connectivity index (χ0v) is 13.8. The van der Waals surface area contributed by atoms with Gasteiger partial charge in [-0.25, -0.2) is 0 Å². The first-order chi connectivity index (χ1) is 10.7. The minimum Gasteiger partial charge on any atom is -0.394 e. The van der Waals surface area contributed by atoms with Crippen LogP contribution in [0.5, 0.6) is 0 Å². The summed E-state index contributed by atoms with van der Waals surface area (Å²) >= 11 is 0. The van der Waals surface area contributed by atoms with E-state index in [0.29, 0.717) is 5.92 Å². The third-order valence-corrected chi connectivity index (χ3v) is 4.73. The van der Waals surface area contributed by atoms with Crippen molar-refractivity contribution in [3.05, 3.63) is 35.4 Å².